The Labute approximate surface area is 195 Å². The van der Waals surface area contributed by atoms with Crippen LogP contribution < -0.4 is 20.4 Å². The van der Waals surface area contributed by atoms with Crippen LogP contribution in [0.15, 0.2) is 23.3 Å². The quantitative estimate of drug-likeness (QED) is 0.256. The van der Waals surface area contributed by atoms with Crippen LogP contribution in [-0.4, -0.2) is 122 Å². The number of hydrogen-bond acceptors (Lipinski definition) is 8. The Morgan fingerprint density at radius 3 is 0.900 bits per heavy atom. The van der Waals surface area contributed by atoms with Gasteiger partial charge in [-0.05, 0) is 37.1 Å². The first-order valence-corrected chi connectivity index (χ1v) is 4.29. The second kappa shape index (κ2) is 15.9. The minimum absolute atomic E-state index is 0. The van der Waals surface area contributed by atoms with Gasteiger partial charge in [0.2, 0.25) is 0 Å². The molecule has 0 unspecified atom stereocenters. The van der Waals surface area contributed by atoms with Crippen LogP contribution in [0.2, 0.25) is 0 Å². The zero-order valence-corrected chi connectivity index (χ0v) is 19.7. The average Bonchev–Trinajstić information content (AvgIpc) is 2.16. The first kappa shape index (κ1) is 28.6. The summed E-state index contributed by atoms with van der Waals surface area (Å²) in [6.07, 6.45) is 0.935. The molecular weight excluding hydrogens is 523 g/mol. The monoisotopic (exact) mass is 532 g/mol. The molecule has 0 rings (SSSR count). The summed E-state index contributed by atoms with van der Waals surface area (Å²) in [5.41, 5.74) is -0.704. The molecule has 0 spiro atoms. The maximum Gasteiger partial charge on any atom is 2.00 e. The summed E-state index contributed by atoms with van der Waals surface area (Å²) in [5, 5.41) is 38.8. The standard InChI is InChI=1S/2C5H6O4.2Ba/c2*1-3(5(8)9)2-4(6)7;;/h2*2H,1H3,(H,6,7)(H,8,9);;/q;;2*+2/p-4/b2*3-2-;;. The molecule has 0 heterocycles. The predicted octanol–water partition coefficient (Wildman–Crippen LogP) is -5.90. The third kappa shape index (κ3) is 20.8. The molecule has 0 N–H and O–H groups in total. The molecule has 0 aromatic heterocycles. The molecule has 0 amide bonds. The Kier molecular flexibility index (Phi) is 22.7. The van der Waals surface area contributed by atoms with E-state index >= 15 is 0 Å². The van der Waals surface area contributed by atoms with Crippen LogP contribution in [0, 0.1) is 0 Å². The minimum Gasteiger partial charge on any atom is -0.545 e. The van der Waals surface area contributed by atoms with Gasteiger partial charge in [-0.25, -0.2) is 0 Å². The summed E-state index contributed by atoms with van der Waals surface area (Å²) in [5.74, 6) is -6.06. The maximum atomic E-state index is 9.76. The van der Waals surface area contributed by atoms with E-state index in [0.29, 0.717) is 12.2 Å². The van der Waals surface area contributed by atoms with Crippen LogP contribution >= 0.6 is 0 Å². The van der Waals surface area contributed by atoms with E-state index in [2.05, 4.69) is 0 Å². The Balaban J connectivity index is -0.000000116. The zero-order chi connectivity index (χ0) is 14.9. The van der Waals surface area contributed by atoms with Crippen molar-refractivity contribution < 1.29 is 39.6 Å². The second-order valence-corrected chi connectivity index (χ2v) is 2.87. The molecule has 20 heavy (non-hydrogen) atoms. The van der Waals surface area contributed by atoms with Gasteiger partial charge in [-0.3, -0.25) is 0 Å². The molecule has 100 valence electrons. The van der Waals surface area contributed by atoms with Crippen LogP contribution in [0.4, 0.5) is 0 Å². The molecular formula is C10H8Ba2O8. The fraction of sp³-hybridized carbons (Fsp3) is 0.200. The molecule has 0 bridgehead atoms. The molecule has 0 aliphatic heterocycles. The molecule has 8 nitrogen and oxygen atoms in total. The summed E-state index contributed by atoms with van der Waals surface area (Å²) >= 11 is 0. The van der Waals surface area contributed by atoms with Crippen LogP contribution in [0.5, 0.6) is 0 Å². The molecule has 0 aromatic carbocycles. The molecule has 0 atom stereocenters. The van der Waals surface area contributed by atoms with E-state index in [9.17, 15) is 39.6 Å². The fourth-order valence-electron chi connectivity index (χ4n) is 0.471. The minimum atomic E-state index is -1.53. The third-order valence-corrected chi connectivity index (χ3v) is 1.31. The summed E-state index contributed by atoms with van der Waals surface area (Å²) in [4.78, 5) is 38.8. The molecule has 0 radical (unpaired) electrons. The van der Waals surface area contributed by atoms with Gasteiger partial charge in [-0.1, -0.05) is 0 Å². The maximum absolute atomic E-state index is 9.76. The summed E-state index contributed by atoms with van der Waals surface area (Å²) in [7, 11) is 0. The smallest absolute Gasteiger partial charge is 0.545 e. The van der Waals surface area contributed by atoms with Crippen molar-refractivity contribution in [2.24, 2.45) is 0 Å². The van der Waals surface area contributed by atoms with Gasteiger partial charge in [0.05, 0.1) is 23.9 Å². The van der Waals surface area contributed by atoms with Crippen molar-refractivity contribution in [3.63, 3.8) is 0 Å². The van der Waals surface area contributed by atoms with Crippen molar-refractivity contribution in [2.45, 2.75) is 13.8 Å². The van der Waals surface area contributed by atoms with Gasteiger partial charge in [0.1, 0.15) is 0 Å². The first-order chi connectivity index (χ1) is 8.07. The summed E-state index contributed by atoms with van der Waals surface area (Å²) < 4.78 is 0. The van der Waals surface area contributed by atoms with E-state index in [1.54, 1.807) is 0 Å². The molecule has 0 aliphatic carbocycles. The summed E-state index contributed by atoms with van der Waals surface area (Å²) in [6, 6.07) is 0. The molecule has 0 aliphatic rings. The van der Waals surface area contributed by atoms with E-state index < -0.39 is 23.9 Å². The van der Waals surface area contributed by atoms with E-state index in [4.69, 9.17) is 0 Å². The van der Waals surface area contributed by atoms with Crippen LogP contribution in [0.3, 0.4) is 0 Å². The van der Waals surface area contributed by atoms with E-state index in [-0.39, 0.29) is 109 Å². The van der Waals surface area contributed by atoms with Crippen molar-refractivity contribution in [3.8, 4) is 0 Å². The normalized spacial score (nSPS) is 9.90. The second-order valence-electron chi connectivity index (χ2n) is 2.87. The third-order valence-electron chi connectivity index (χ3n) is 1.31. The number of carbonyl (C=O) groups is 4. The number of aliphatic carboxylic acids is 4. The van der Waals surface area contributed by atoms with E-state index in [1.165, 1.54) is 0 Å². The average molecular weight is 531 g/mol. The van der Waals surface area contributed by atoms with Gasteiger partial charge in [0, 0.05) is 0 Å². The van der Waals surface area contributed by atoms with Gasteiger partial charge in [-0.15, -0.1) is 0 Å². The van der Waals surface area contributed by atoms with Gasteiger partial charge >= 0.3 is 97.8 Å². The number of carboxylic acids is 4. The molecule has 0 aromatic rings. The number of hydrogen-bond donors (Lipinski definition) is 0. The van der Waals surface area contributed by atoms with E-state index in [0.717, 1.165) is 13.8 Å². The SMILES string of the molecule is C/C(=C/C(=O)[O-])C(=O)[O-].C/C(=C/C(=O)[O-])C(=O)[O-].[Ba+2].[Ba+2]. The van der Waals surface area contributed by atoms with Crippen LogP contribution in [-0.2, 0) is 19.2 Å². The Morgan fingerprint density at radius 2 is 0.850 bits per heavy atom. The summed E-state index contributed by atoms with van der Waals surface area (Å²) in [6.45, 7) is 2.23. The van der Waals surface area contributed by atoms with Gasteiger partial charge < -0.3 is 39.6 Å². The number of carbonyl (C=O) groups excluding carboxylic acids is 4. The number of rotatable bonds is 4. The topological polar surface area (TPSA) is 161 Å². The van der Waals surface area contributed by atoms with Gasteiger partial charge in [0.25, 0.3) is 0 Å². The molecule has 0 fully saturated rings. The van der Waals surface area contributed by atoms with E-state index in [1.807, 2.05) is 0 Å². The van der Waals surface area contributed by atoms with Crippen molar-refractivity contribution in [1.82, 2.24) is 0 Å². The Hall–Kier alpha value is 0.503. The molecule has 10 heteroatoms. The first-order valence-electron chi connectivity index (χ1n) is 4.29. The Morgan fingerprint density at radius 1 is 0.650 bits per heavy atom. The van der Waals surface area contributed by atoms with Crippen molar-refractivity contribution >= 4 is 122 Å². The van der Waals surface area contributed by atoms with Crippen molar-refractivity contribution in [2.75, 3.05) is 0 Å². The van der Waals surface area contributed by atoms with Crippen LogP contribution in [0.25, 0.3) is 0 Å². The molecule has 0 saturated heterocycles. The van der Waals surface area contributed by atoms with Crippen molar-refractivity contribution in [1.29, 1.82) is 0 Å². The fourth-order valence-corrected chi connectivity index (χ4v) is 0.471. The Bertz CT molecular complexity index is 385. The number of carboxylic acid groups (broad SMARTS) is 4. The zero-order valence-electron chi connectivity index (χ0n) is 10.8. The largest absolute Gasteiger partial charge is 2.00 e. The van der Waals surface area contributed by atoms with Crippen molar-refractivity contribution in [3.05, 3.63) is 23.3 Å². The van der Waals surface area contributed by atoms with Gasteiger partial charge in [0.15, 0.2) is 0 Å². The van der Waals surface area contributed by atoms with Gasteiger partial charge in [-0.2, -0.15) is 0 Å². The predicted molar refractivity (Wildman–Crippen MR) is 59.1 cm³/mol. The van der Waals surface area contributed by atoms with Crippen LogP contribution in [0.1, 0.15) is 13.8 Å². The molecule has 0 saturated carbocycles.